The highest BCUT2D eigenvalue weighted by molar-refractivity contribution is 5.44. The van der Waals surface area contributed by atoms with Crippen molar-refractivity contribution in [2.45, 2.75) is 76.3 Å². The van der Waals surface area contributed by atoms with E-state index in [2.05, 4.69) is 26.1 Å². The summed E-state index contributed by atoms with van der Waals surface area (Å²) < 4.78 is 0. The van der Waals surface area contributed by atoms with Gasteiger partial charge in [0.1, 0.15) is 6.04 Å². The van der Waals surface area contributed by atoms with Crippen LogP contribution in [0.3, 0.4) is 0 Å². The summed E-state index contributed by atoms with van der Waals surface area (Å²) in [6, 6.07) is 5.76. The molecule has 1 fully saturated rings. The van der Waals surface area contributed by atoms with Crippen LogP contribution >= 0.6 is 0 Å². The molecule has 4 heteroatoms. The van der Waals surface area contributed by atoms with Crippen LogP contribution in [0.5, 0.6) is 0 Å². The van der Waals surface area contributed by atoms with Crippen LogP contribution in [0, 0.1) is 10.1 Å². The van der Waals surface area contributed by atoms with Crippen LogP contribution in [0.2, 0.25) is 0 Å². The second-order valence-electron chi connectivity index (χ2n) is 7.97. The number of quaternary nitrogens is 1. The van der Waals surface area contributed by atoms with E-state index in [-0.39, 0.29) is 22.1 Å². The van der Waals surface area contributed by atoms with E-state index in [0.29, 0.717) is 5.54 Å². The highest BCUT2D eigenvalue weighted by Crippen LogP contribution is 2.43. The van der Waals surface area contributed by atoms with Crippen molar-refractivity contribution in [3.8, 4) is 0 Å². The average Bonchev–Trinajstić information content (AvgIpc) is 2.53. The fourth-order valence-corrected chi connectivity index (χ4v) is 4.91. The first-order valence-electron chi connectivity index (χ1n) is 8.48. The summed E-state index contributed by atoms with van der Waals surface area (Å²) in [5.74, 6) is 0. The Hall–Kier alpha value is -1.42. The van der Waals surface area contributed by atoms with Gasteiger partial charge in [-0.3, -0.25) is 10.1 Å². The Bertz CT molecular complexity index is 589. The first kappa shape index (κ1) is 15.5. The minimum Gasteiger partial charge on any atom is -0.335 e. The van der Waals surface area contributed by atoms with Gasteiger partial charge in [-0.05, 0) is 30.7 Å². The van der Waals surface area contributed by atoms with Crippen LogP contribution in [0.1, 0.15) is 76.5 Å². The van der Waals surface area contributed by atoms with E-state index in [1.165, 1.54) is 37.7 Å². The number of nitro benzene ring substituents is 1. The number of hydrogen-bond donors (Lipinski definition) is 1. The summed E-state index contributed by atoms with van der Waals surface area (Å²) in [5, 5.41) is 13.6. The monoisotopic (exact) mass is 303 g/mol. The van der Waals surface area contributed by atoms with Crippen LogP contribution < -0.4 is 5.32 Å². The van der Waals surface area contributed by atoms with E-state index in [1.54, 1.807) is 12.1 Å². The molecule has 0 saturated heterocycles. The predicted molar refractivity (Wildman–Crippen MR) is 86.9 cm³/mol. The van der Waals surface area contributed by atoms with Gasteiger partial charge in [0, 0.05) is 37.0 Å². The Balaban J connectivity index is 2.06. The molecule has 0 aromatic heterocycles. The Morgan fingerprint density at radius 2 is 1.91 bits per heavy atom. The highest BCUT2D eigenvalue weighted by atomic mass is 16.6. The molecule has 0 bridgehead atoms. The fraction of sp³-hybridized carbons (Fsp3) is 0.667. The summed E-state index contributed by atoms with van der Waals surface area (Å²) in [7, 11) is 0. The van der Waals surface area contributed by atoms with Crippen LogP contribution in [-0.4, -0.2) is 10.5 Å². The van der Waals surface area contributed by atoms with Crippen molar-refractivity contribution in [3.05, 3.63) is 39.4 Å². The molecule has 0 radical (unpaired) electrons. The van der Waals surface area contributed by atoms with Crippen LogP contribution in [-0.2, 0) is 5.41 Å². The maximum atomic E-state index is 11.1. The largest absolute Gasteiger partial charge is 0.335 e. The van der Waals surface area contributed by atoms with Crippen molar-refractivity contribution < 1.29 is 10.2 Å². The molecule has 1 aliphatic heterocycles. The van der Waals surface area contributed by atoms with E-state index in [4.69, 9.17) is 0 Å². The molecule has 120 valence electrons. The lowest BCUT2D eigenvalue weighted by Gasteiger charge is -2.39. The third kappa shape index (κ3) is 2.65. The van der Waals surface area contributed by atoms with Crippen molar-refractivity contribution in [1.82, 2.24) is 0 Å². The van der Waals surface area contributed by atoms with Gasteiger partial charge in [-0.15, -0.1) is 0 Å². The Morgan fingerprint density at radius 3 is 2.55 bits per heavy atom. The van der Waals surface area contributed by atoms with Crippen molar-refractivity contribution in [3.63, 3.8) is 0 Å². The third-order valence-corrected chi connectivity index (χ3v) is 5.71. The predicted octanol–water partition coefficient (Wildman–Crippen LogP) is 3.60. The molecular weight excluding hydrogens is 276 g/mol. The maximum absolute atomic E-state index is 11.1. The number of fused-ring (bicyclic) bond motifs is 1. The molecule has 1 atom stereocenters. The smallest absolute Gasteiger partial charge is 0.269 e. The van der Waals surface area contributed by atoms with Gasteiger partial charge in [0.2, 0.25) is 0 Å². The summed E-state index contributed by atoms with van der Waals surface area (Å²) in [6.45, 7) is 6.82. The first-order valence-corrected chi connectivity index (χ1v) is 8.48. The lowest BCUT2D eigenvalue weighted by molar-refractivity contribution is -0.764. The zero-order chi connectivity index (χ0) is 16.0. The molecule has 4 nitrogen and oxygen atoms in total. The van der Waals surface area contributed by atoms with E-state index in [0.717, 1.165) is 12.0 Å². The normalized spacial score (nSPS) is 26.2. The van der Waals surface area contributed by atoms with Crippen LogP contribution in [0.25, 0.3) is 0 Å². The fourth-order valence-electron chi connectivity index (χ4n) is 4.91. The molecule has 1 heterocycles. The van der Waals surface area contributed by atoms with Gasteiger partial charge in [-0.2, -0.15) is 0 Å². The van der Waals surface area contributed by atoms with E-state index >= 15 is 0 Å². The van der Waals surface area contributed by atoms with Crippen molar-refractivity contribution in [2.75, 3.05) is 0 Å². The third-order valence-electron chi connectivity index (χ3n) is 5.71. The van der Waals surface area contributed by atoms with Gasteiger partial charge in [-0.1, -0.05) is 26.3 Å². The standard InChI is InChI=1S/C18H26N2O2/c1-13-15-11-14(20(21)22)7-8-16(15)17(2,3)12-18(19-13)9-5-4-6-10-18/h7-8,11,13,19H,4-6,9-10,12H2,1-3H3/p+1. The first-order chi connectivity index (χ1) is 10.3. The molecule has 22 heavy (non-hydrogen) atoms. The number of nitro groups is 1. The van der Waals surface area contributed by atoms with Gasteiger partial charge in [0.15, 0.2) is 0 Å². The van der Waals surface area contributed by atoms with Crippen molar-refractivity contribution in [2.24, 2.45) is 0 Å². The Kier molecular flexibility index (Phi) is 3.76. The van der Waals surface area contributed by atoms with Crippen LogP contribution in [0.4, 0.5) is 5.69 Å². The number of rotatable bonds is 1. The second-order valence-corrected chi connectivity index (χ2v) is 7.97. The van der Waals surface area contributed by atoms with Crippen LogP contribution in [0.15, 0.2) is 18.2 Å². The quantitative estimate of drug-likeness (QED) is 0.636. The molecule has 2 N–H and O–H groups in total. The number of benzene rings is 1. The van der Waals surface area contributed by atoms with Gasteiger partial charge >= 0.3 is 0 Å². The molecule has 1 saturated carbocycles. The molecule has 3 rings (SSSR count). The average molecular weight is 303 g/mol. The van der Waals surface area contributed by atoms with Gasteiger partial charge in [0.05, 0.1) is 10.5 Å². The Labute approximate surface area is 132 Å². The number of nitrogens with two attached hydrogens (primary N) is 1. The molecule has 1 aromatic carbocycles. The molecule has 1 aromatic rings. The lowest BCUT2D eigenvalue weighted by atomic mass is 9.69. The molecule has 1 aliphatic carbocycles. The van der Waals surface area contributed by atoms with Crippen molar-refractivity contribution in [1.29, 1.82) is 0 Å². The van der Waals surface area contributed by atoms with E-state index in [9.17, 15) is 10.1 Å². The summed E-state index contributed by atoms with van der Waals surface area (Å²) in [4.78, 5) is 10.9. The molecule has 0 amide bonds. The summed E-state index contributed by atoms with van der Waals surface area (Å²) >= 11 is 0. The molecular formula is C18H27N2O2+. The minimum atomic E-state index is -0.277. The van der Waals surface area contributed by atoms with Crippen molar-refractivity contribution >= 4 is 5.69 Å². The summed E-state index contributed by atoms with van der Waals surface area (Å²) in [5.41, 5.74) is 3.05. The zero-order valence-electron chi connectivity index (χ0n) is 13.9. The van der Waals surface area contributed by atoms with E-state index in [1.807, 2.05) is 6.07 Å². The Morgan fingerprint density at radius 1 is 1.23 bits per heavy atom. The highest BCUT2D eigenvalue weighted by Gasteiger charge is 2.46. The number of nitrogens with zero attached hydrogens (tertiary/aromatic N) is 1. The number of non-ortho nitro benzene ring substituents is 1. The topological polar surface area (TPSA) is 59.8 Å². The number of hydrogen-bond acceptors (Lipinski definition) is 2. The second kappa shape index (κ2) is 5.34. The SMILES string of the molecule is CC1[NH2+]C2(CCCCC2)CC(C)(C)c2ccc([N+](=O)[O-])cc21. The maximum Gasteiger partial charge on any atom is 0.269 e. The van der Waals surface area contributed by atoms with Gasteiger partial charge in [-0.25, -0.2) is 0 Å². The van der Waals surface area contributed by atoms with E-state index < -0.39 is 0 Å². The minimum absolute atomic E-state index is 0.0725. The molecule has 1 unspecified atom stereocenters. The summed E-state index contributed by atoms with van der Waals surface area (Å²) in [6.07, 6.45) is 7.69. The molecule has 2 aliphatic rings. The lowest BCUT2D eigenvalue weighted by Crippen LogP contribution is -2.97. The zero-order valence-corrected chi connectivity index (χ0v) is 13.9. The molecule has 1 spiro atoms. The van der Waals surface area contributed by atoms with Gasteiger partial charge < -0.3 is 5.32 Å². The van der Waals surface area contributed by atoms with Gasteiger partial charge in [0.25, 0.3) is 5.69 Å².